The molecule has 0 amide bonds. The van der Waals surface area contributed by atoms with Gasteiger partial charge in [-0.1, -0.05) is 51.8 Å². The highest BCUT2D eigenvalue weighted by molar-refractivity contribution is 5.15. The Morgan fingerprint density at radius 1 is 1.47 bits per heavy atom. The molecular weight excluding hydrogens is 180 g/mol. The molecule has 1 rings (SSSR count). The summed E-state index contributed by atoms with van der Waals surface area (Å²) >= 11 is 0. The first-order valence-electron chi connectivity index (χ1n) is 6.17. The molecule has 0 spiro atoms. The van der Waals surface area contributed by atoms with Gasteiger partial charge in [0.05, 0.1) is 0 Å². The van der Waals surface area contributed by atoms with Crippen molar-refractivity contribution in [1.82, 2.24) is 0 Å². The molecule has 0 heteroatoms. The van der Waals surface area contributed by atoms with Gasteiger partial charge in [-0.15, -0.1) is 6.58 Å². The van der Waals surface area contributed by atoms with E-state index in [-0.39, 0.29) is 0 Å². The fraction of sp³-hybridized carbons (Fsp3) is 0.733. The van der Waals surface area contributed by atoms with Gasteiger partial charge < -0.3 is 0 Å². The maximum atomic E-state index is 4.06. The van der Waals surface area contributed by atoms with E-state index in [1.165, 1.54) is 19.3 Å². The Kier molecular flexibility index (Phi) is 3.48. The molecule has 1 aliphatic rings. The number of hydrogen-bond donors (Lipinski definition) is 0. The van der Waals surface area contributed by atoms with Crippen LogP contribution in [0.15, 0.2) is 24.3 Å². The average Bonchev–Trinajstić information content (AvgIpc) is 2.22. The summed E-state index contributed by atoms with van der Waals surface area (Å²) in [4.78, 5) is 0. The van der Waals surface area contributed by atoms with E-state index in [0.717, 1.165) is 0 Å². The van der Waals surface area contributed by atoms with Crippen LogP contribution in [0.1, 0.15) is 53.9 Å². The van der Waals surface area contributed by atoms with Crippen molar-refractivity contribution in [3.63, 3.8) is 0 Å². The van der Waals surface area contributed by atoms with E-state index < -0.39 is 0 Å². The fourth-order valence-electron chi connectivity index (χ4n) is 3.54. The maximum Gasteiger partial charge on any atom is -0.0110 e. The van der Waals surface area contributed by atoms with E-state index in [2.05, 4.69) is 53.3 Å². The number of hydrogen-bond acceptors (Lipinski definition) is 0. The zero-order chi connectivity index (χ0) is 11.7. The van der Waals surface area contributed by atoms with Crippen LogP contribution < -0.4 is 0 Å². The van der Waals surface area contributed by atoms with Crippen molar-refractivity contribution in [2.45, 2.75) is 53.9 Å². The van der Waals surface area contributed by atoms with Crippen LogP contribution in [0.2, 0.25) is 0 Å². The lowest BCUT2D eigenvalue weighted by Gasteiger charge is -2.42. The molecule has 0 fully saturated rings. The highest BCUT2D eigenvalue weighted by atomic mass is 14.4. The molecule has 0 saturated carbocycles. The summed E-state index contributed by atoms with van der Waals surface area (Å²) in [7, 11) is 0. The molecule has 0 nitrogen and oxygen atoms in total. The molecule has 0 aromatic heterocycles. The molecule has 86 valence electrons. The van der Waals surface area contributed by atoms with Crippen molar-refractivity contribution < 1.29 is 0 Å². The summed E-state index contributed by atoms with van der Waals surface area (Å²) in [5.74, 6) is 0.708. The molecule has 0 aromatic carbocycles. The average molecular weight is 206 g/mol. The molecule has 15 heavy (non-hydrogen) atoms. The first kappa shape index (κ1) is 12.5. The predicted octanol–water partition coefficient (Wildman–Crippen LogP) is 4.97. The van der Waals surface area contributed by atoms with Gasteiger partial charge >= 0.3 is 0 Å². The lowest BCUT2D eigenvalue weighted by Crippen LogP contribution is -2.34. The molecule has 2 atom stereocenters. The van der Waals surface area contributed by atoms with Gasteiger partial charge in [-0.25, -0.2) is 0 Å². The standard InChI is InChI=1S/C15H26/c1-7-13-14(4,5)11-12(3)9-10-15(13,6)8-2/h8,11,13H,2,7,9-10H2,1,3-6H3. The monoisotopic (exact) mass is 206 g/mol. The summed E-state index contributed by atoms with van der Waals surface area (Å²) in [5.41, 5.74) is 2.15. The van der Waals surface area contributed by atoms with Crippen LogP contribution in [0.25, 0.3) is 0 Å². The Morgan fingerprint density at radius 3 is 2.53 bits per heavy atom. The minimum Gasteiger partial charge on any atom is -0.103 e. The van der Waals surface area contributed by atoms with Crippen molar-refractivity contribution in [3.05, 3.63) is 24.3 Å². The predicted molar refractivity (Wildman–Crippen MR) is 68.9 cm³/mol. The van der Waals surface area contributed by atoms with Crippen molar-refractivity contribution in [2.75, 3.05) is 0 Å². The van der Waals surface area contributed by atoms with Gasteiger partial charge in [-0.2, -0.15) is 0 Å². The largest absolute Gasteiger partial charge is 0.103 e. The summed E-state index contributed by atoms with van der Waals surface area (Å²) in [6, 6.07) is 0. The first-order chi connectivity index (χ1) is 6.85. The third-order valence-electron chi connectivity index (χ3n) is 4.25. The molecule has 0 bridgehead atoms. The minimum absolute atomic E-state index is 0.298. The van der Waals surface area contributed by atoms with Crippen LogP contribution in [0.3, 0.4) is 0 Å². The third-order valence-corrected chi connectivity index (χ3v) is 4.25. The number of rotatable bonds is 2. The van der Waals surface area contributed by atoms with Crippen molar-refractivity contribution in [1.29, 1.82) is 0 Å². The van der Waals surface area contributed by atoms with Crippen LogP contribution in [-0.4, -0.2) is 0 Å². The highest BCUT2D eigenvalue weighted by Gasteiger charge is 2.40. The van der Waals surface area contributed by atoms with E-state index >= 15 is 0 Å². The Bertz CT molecular complexity index is 270. The van der Waals surface area contributed by atoms with Gasteiger partial charge in [0.15, 0.2) is 0 Å². The Balaban J connectivity index is 3.14. The van der Waals surface area contributed by atoms with Crippen molar-refractivity contribution in [3.8, 4) is 0 Å². The van der Waals surface area contributed by atoms with Crippen LogP contribution in [0, 0.1) is 16.7 Å². The van der Waals surface area contributed by atoms with Crippen LogP contribution in [0.5, 0.6) is 0 Å². The molecule has 2 unspecified atom stereocenters. The quantitative estimate of drug-likeness (QED) is 0.559. The second-order valence-corrected chi connectivity index (χ2v) is 5.98. The van der Waals surface area contributed by atoms with Gasteiger partial charge in [0, 0.05) is 0 Å². The number of allylic oxidation sites excluding steroid dienone is 3. The SMILES string of the molecule is C=CC1(C)CCC(C)=CC(C)(C)C1CC. The van der Waals surface area contributed by atoms with Gasteiger partial charge in [-0.05, 0) is 36.5 Å². The van der Waals surface area contributed by atoms with E-state index in [4.69, 9.17) is 0 Å². The van der Waals surface area contributed by atoms with E-state index in [1.807, 2.05) is 0 Å². The van der Waals surface area contributed by atoms with Crippen molar-refractivity contribution in [2.24, 2.45) is 16.7 Å². The lowest BCUT2D eigenvalue weighted by atomic mass is 9.62. The van der Waals surface area contributed by atoms with Crippen molar-refractivity contribution >= 4 is 0 Å². The van der Waals surface area contributed by atoms with Crippen LogP contribution in [0.4, 0.5) is 0 Å². The van der Waals surface area contributed by atoms with E-state index in [1.54, 1.807) is 5.57 Å². The molecule has 1 aliphatic carbocycles. The Morgan fingerprint density at radius 2 is 2.07 bits per heavy atom. The molecule has 0 radical (unpaired) electrons. The first-order valence-corrected chi connectivity index (χ1v) is 6.17. The third kappa shape index (κ3) is 2.35. The van der Waals surface area contributed by atoms with E-state index in [9.17, 15) is 0 Å². The molecular formula is C15H26. The minimum atomic E-state index is 0.298. The van der Waals surface area contributed by atoms with Gasteiger partial charge in [0.25, 0.3) is 0 Å². The summed E-state index contributed by atoms with van der Waals surface area (Å²) in [6.07, 6.45) is 8.38. The molecule has 0 aromatic rings. The van der Waals surface area contributed by atoms with E-state index in [0.29, 0.717) is 16.7 Å². The van der Waals surface area contributed by atoms with Crippen LogP contribution in [-0.2, 0) is 0 Å². The molecule has 0 heterocycles. The second-order valence-electron chi connectivity index (χ2n) is 5.98. The normalized spacial score (nSPS) is 35.5. The summed E-state index contributed by atoms with van der Waals surface area (Å²) < 4.78 is 0. The van der Waals surface area contributed by atoms with Gasteiger partial charge in [0.1, 0.15) is 0 Å². The van der Waals surface area contributed by atoms with Crippen LogP contribution >= 0.6 is 0 Å². The topological polar surface area (TPSA) is 0 Å². The molecule has 0 N–H and O–H groups in total. The highest BCUT2D eigenvalue weighted by Crippen LogP contribution is 2.50. The Hall–Kier alpha value is -0.520. The van der Waals surface area contributed by atoms with Gasteiger partial charge in [0.2, 0.25) is 0 Å². The fourth-order valence-corrected chi connectivity index (χ4v) is 3.54. The second kappa shape index (κ2) is 4.15. The zero-order valence-electron chi connectivity index (χ0n) is 11.1. The Labute approximate surface area is 95.5 Å². The maximum absolute atomic E-state index is 4.06. The summed E-state index contributed by atoms with van der Waals surface area (Å²) in [5, 5.41) is 0. The lowest BCUT2D eigenvalue weighted by molar-refractivity contribution is 0.128. The molecule has 0 saturated heterocycles. The smallest absolute Gasteiger partial charge is 0.0110 e. The zero-order valence-corrected chi connectivity index (χ0v) is 11.1. The summed E-state index contributed by atoms with van der Waals surface area (Å²) in [6.45, 7) is 15.8. The van der Waals surface area contributed by atoms with Gasteiger partial charge in [-0.3, -0.25) is 0 Å². The molecule has 0 aliphatic heterocycles.